The van der Waals surface area contributed by atoms with Gasteiger partial charge in [0.05, 0.1) is 6.61 Å². The Labute approximate surface area is 216 Å². The van der Waals surface area contributed by atoms with Gasteiger partial charge in [0.2, 0.25) is 23.8 Å². The Hall–Kier alpha value is -4.66. The highest BCUT2D eigenvalue weighted by atomic mass is 16.5. The van der Waals surface area contributed by atoms with Gasteiger partial charge in [-0.1, -0.05) is 35.4 Å². The zero-order valence-electron chi connectivity index (χ0n) is 21.4. The number of rotatable bonds is 10. The third-order valence-electron chi connectivity index (χ3n) is 5.42. The molecule has 1 amide bonds. The molecule has 4 aromatic rings. The molecule has 0 radical (unpaired) electrons. The molecule has 3 aromatic carbocycles. The van der Waals surface area contributed by atoms with Crippen LogP contribution in [0.25, 0.3) is 0 Å². The molecule has 0 spiro atoms. The predicted octanol–water partition coefficient (Wildman–Crippen LogP) is 5.81. The zero-order valence-corrected chi connectivity index (χ0v) is 21.4. The van der Waals surface area contributed by atoms with Gasteiger partial charge in [-0.15, -0.1) is 0 Å². The molecule has 1 unspecified atom stereocenters. The summed E-state index contributed by atoms with van der Waals surface area (Å²) in [7, 11) is 0. The van der Waals surface area contributed by atoms with Crippen LogP contribution in [-0.2, 0) is 4.79 Å². The first-order valence-corrected chi connectivity index (χ1v) is 12.1. The lowest BCUT2D eigenvalue weighted by Gasteiger charge is -2.16. The van der Waals surface area contributed by atoms with Crippen molar-refractivity contribution < 1.29 is 9.53 Å². The summed E-state index contributed by atoms with van der Waals surface area (Å²) in [6.45, 7) is 8.30. The quantitative estimate of drug-likeness (QED) is 0.217. The number of hydrogen-bond donors (Lipinski definition) is 4. The van der Waals surface area contributed by atoms with E-state index < -0.39 is 6.04 Å². The molecule has 0 aliphatic carbocycles. The number of nitrogens with one attached hydrogen (secondary N) is 4. The Kier molecular flexibility index (Phi) is 8.15. The molecule has 37 heavy (non-hydrogen) atoms. The van der Waals surface area contributed by atoms with Gasteiger partial charge >= 0.3 is 0 Å². The van der Waals surface area contributed by atoms with Crippen molar-refractivity contribution in [3.63, 3.8) is 0 Å². The van der Waals surface area contributed by atoms with Crippen molar-refractivity contribution in [3.8, 4) is 5.75 Å². The number of ether oxygens (including phenoxy) is 1. The van der Waals surface area contributed by atoms with Crippen molar-refractivity contribution in [1.29, 1.82) is 0 Å². The maximum Gasteiger partial charge on any atom is 0.246 e. The van der Waals surface area contributed by atoms with Crippen LogP contribution in [-0.4, -0.2) is 33.5 Å². The number of aromatic nitrogens is 3. The highest BCUT2D eigenvalue weighted by molar-refractivity contribution is 5.96. The third kappa shape index (κ3) is 7.41. The van der Waals surface area contributed by atoms with Crippen LogP contribution >= 0.6 is 0 Å². The van der Waals surface area contributed by atoms with E-state index in [1.54, 1.807) is 19.1 Å². The molecule has 4 rings (SSSR count). The van der Waals surface area contributed by atoms with E-state index in [-0.39, 0.29) is 11.9 Å². The number of nitrogens with zero attached hydrogens (tertiary/aromatic N) is 3. The zero-order chi connectivity index (χ0) is 26.2. The maximum atomic E-state index is 12.8. The maximum absolute atomic E-state index is 12.8. The number of anilines is 6. The molecule has 0 saturated heterocycles. The summed E-state index contributed by atoms with van der Waals surface area (Å²) in [6.07, 6.45) is 0. The highest BCUT2D eigenvalue weighted by Crippen LogP contribution is 2.20. The second kappa shape index (κ2) is 11.9. The van der Waals surface area contributed by atoms with Crippen LogP contribution in [0.2, 0.25) is 0 Å². The van der Waals surface area contributed by atoms with Gasteiger partial charge in [-0.3, -0.25) is 4.79 Å². The van der Waals surface area contributed by atoms with E-state index in [9.17, 15) is 4.79 Å². The van der Waals surface area contributed by atoms with Gasteiger partial charge in [-0.25, -0.2) is 0 Å². The molecular formula is C28H31N7O2. The smallest absolute Gasteiger partial charge is 0.246 e. The number of carbonyl (C=O) groups is 1. The minimum absolute atomic E-state index is 0.231. The predicted molar refractivity (Wildman–Crippen MR) is 148 cm³/mol. The lowest BCUT2D eigenvalue weighted by molar-refractivity contribution is -0.116. The van der Waals surface area contributed by atoms with E-state index in [0.717, 1.165) is 28.3 Å². The normalized spacial score (nSPS) is 11.4. The van der Waals surface area contributed by atoms with Gasteiger partial charge in [-0.05, 0) is 76.2 Å². The van der Waals surface area contributed by atoms with Crippen molar-refractivity contribution in [3.05, 3.63) is 83.9 Å². The molecule has 0 saturated carbocycles. The summed E-state index contributed by atoms with van der Waals surface area (Å²) in [6, 6.07) is 22.4. The van der Waals surface area contributed by atoms with Crippen molar-refractivity contribution in [2.75, 3.05) is 27.9 Å². The van der Waals surface area contributed by atoms with Crippen molar-refractivity contribution in [2.24, 2.45) is 0 Å². The molecule has 0 aliphatic heterocycles. The topological polar surface area (TPSA) is 113 Å². The second-order valence-electron chi connectivity index (χ2n) is 8.60. The lowest BCUT2D eigenvalue weighted by atomic mass is 10.2. The fraction of sp³-hybridized carbons (Fsp3) is 0.214. The van der Waals surface area contributed by atoms with E-state index in [0.29, 0.717) is 24.2 Å². The molecule has 9 heteroatoms. The van der Waals surface area contributed by atoms with Gasteiger partial charge < -0.3 is 26.0 Å². The molecule has 190 valence electrons. The summed E-state index contributed by atoms with van der Waals surface area (Å²) in [5.74, 6) is 1.46. The fourth-order valence-corrected chi connectivity index (χ4v) is 3.40. The first-order valence-electron chi connectivity index (χ1n) is 12.1. The van der Waals surface area contributed by atoms with Crippen molar-refractivity contribution in [1.82, 2.24) is 15.0 Å². The molecule has 1 atom stereocenters. The van der Waals surface area contributed by atoms with E-state index in [1.165, 1.54) is 0 Å². The summed E-state index contributed by atoms with van der Waals surface area (Å²) >= 11 is 0. The standard InChI is InChI=1S/C28H31N7O2/c1-5-37-24-16-14-21(15-17-24)30-25(36)20(4)29-26-33-27(31-22-10-6-18(2)7-11-22)35-28(34-26)32-23-12-8-19(3)9-13-23/h6-17,20H,5H2,1-4H3,(H,30,36)(H3,29,31,32,33,34,35). The fourth-order valence-electron chi connectivity index (χ4n) is 3.40. The first-order chi connectivity index (χ1) is 17.9. The lowest BCUT2D eigenvalue weighted by Crippen LogP contribution is -2.32. The van der Waals surface area contributed by atoms with Crippen LogP contribution in [0.15, 0.2) is 72.8 Å². The first kappa shape index (κ1) is 25.4. The minimum atomic E-state index is -0.617. The van der Waals surface area contributed by atoms with E-state index >= 15 is 0 Å². The molecule has 4 N–H and O–H groups in total. The van der Waals surface area contributed by atoms with Crippen LogP contribution < -0.4 is 26.0 Å². The van der Waals surface area contributed by atoms with Gasteiger partial charge in [0.25, 0.3) is 0 Å². The van der Waals surface area contributed by atoms with Crippen LogP contribution in [0.5, 0.6) is 5.75 Å². The van der Waals surface area contributed by atoms with Crippen LogP contribution in [0.3, 0.4) is 0 Å². The number of aryl methyl sites for hydroxylation is 2. The van der Waals surface area contributed by atoms with Crippen molar-refractivity contribution in [2.45, 2.75) is 33.7 Å². The average molecular weight is 498 g/mol. The Morgan fingerprint density at radius 3 is 1.68 bits per heavy atom. The van der Waals surface area contributed by atoms with Gasteiger partial charge in [-0.2, -0.15) is 15.0 Å². The summed E-state index contributed by atoms with van der Waals surface area (Å²) in [5.41, 5.74) is 4.65. The van der Waals surface area contributed by atoms with E-state index in [2.05, 4.69) is 36.2 Å². The Morgan fingerprint density at radius 1 is 0.730 bits per heavy atom. The SMILES string of the molecule is CCOc1ccc(NC(=O)C(C)Nc2nc(Nc3ccc(C)cc3)nc(Nc3ccc(C)cc3)n2)cc1. The van der Waals surface area contributed by atoms with Gasteiger partial charge in [0.1, 0.15) is 11.8 Å². The van der Waals surface area contributed by atoms with Crippen molar-refractivity contribution >= 4 is 40.8 Å². The molecule has 9 nitrogen and oxygen atoms in total. The van der Waals surface area contributed by atoms with Gasteiger partial charge in [0.15, 0.2) is 0 Å². The Bertz CT molecular complexity index is 1260. The Balaban J connectivity index is 1.51. The number of amides is 1. The summed E-state index contributed by atoms with van der Waals surface area (Å²) in [5, 5.41) is 12.4. The van der Waals surface area contributed by atoms with E-state index in [1.807, 2.05) is 81.4 Å². The summed E-state index contributed by atoms with van der Waals surface area (Å²) < 4.78 is 5.45. The summed E-state index contributed by atoms with van der Waals surface area (Å²) in [4.78, 5) is 26.3. The number of benzene rings is 3. The molecule has 0 fully saturated rings. The largest absolute Gasteiger partial charge is 0.494 e. The average Bonchev–Trinajstić information content (AvgIpc) is 2.88. The van der Waals surface area contributed by atoms with Crippen LogP contribution in [0.1, 0.15) is 25.0 Å². The third-order valence-corrected chi connectivity index (χ3v) is 5.42. The molecule has 1 heterocycles. The molecule has 1 aromatic heterocycles. The monoisotopic (exact) mass is 497 g/mol. The van der Waals surface area contributed by atoms with E-state index in [4.69, 9.17) is 4.74 Å². The Morgan fingerprint density at radius 2 is 1.19 bits per heavy atom. The molecule has 0 bridgehead atoms. The minimum Gasteiger partial charge on any atom is -0.494 e. The van der Waals surface area contributed by atoms with Gasteiger partial charge in [0, 0.05) is 17.1 Å². The second-order valence-corrected chi connectivity index (χ2v) is 8.60. The molecule has 0 aliphatic rings. The number of carbonyl (C=O) groups excluding carboxylic acids is 1. The van der Waals surface area contributed by atoms with Crippen LogP contribution in [0, 0.1) is 13.8 Å². The van der Waals surface area contributed by atoms with Crippen LogP contribution in [0.4, 0.5) is 34.9 Å². The number of hydrogen-bond acceptors (Lipinski definition) is 8. The highest BCUT2D eigenvalue weighted by Gasteiger charge is 2.16. The molecular weight excluding hydrogens is 466 g/mol.